The summed E-state index contributed by atoms with van der Waals surface area (Å²) in [7, 11) is 1.40. The Kier molecular flexibility index (Phi) is 6.25. The van der Waals surface area contributed by atoms with Gasteiger partial charge in [-0.05, 0) is 12.1 Å². The lowest BCUT2D eigenvalue weighted by Gasteiger charge is -2.42. The molecular formula is C17H19NO8S2. The second-order valence-electron chi connectivity index (χ2n) is 6.17. The number of hydrogen-bond acceptors (Lipinski definition) is 10. The van der Waals surface area contributed by atoms with E-state index in [1.54, 1.807) is 18.2 Å². The Morgan fingerprint density at radius 3 is 2.64 bits per heavy atom. The van der Waals surface area contributed by atoms with Crippen molar-refractivity contribution in [2.45, 2.75) is 30.6 Å². The second-order valence-corrected chi connectivity index (χ2v) is 7.85. The zero-order valence-corrected chi connectivity index (χ0v) is 16.3. The van der Waals surface area contributed by atoms with Gasteiger partial charge in [-0.25, -0.2) is 0 Å². The number of phenols is 1. The van der Waals surface area contributed by atoms with Crippen LogP contribution in [-0.4, -0.2) is 85.0 Å². The number of rotatable bonds is 4. The maximum Gasteiger partial charge on any atom is 0.268 e. The molecule has 0 aromatic heterocycles. The smallest absolute Gasteiger partial charge is 0.268 e. The van der Waals surface area contributed by atoms with Crippen LogP contribution in [0, 0.1) is 0 Å². The monoisotopic (exact) mass is 429 g/mol. The third-order valence-electron chi connectivity index (χ3n) is 4.48. The largest absolute Gasteiger partial charge is 0.504 e. The summed E-state index contributed by atoms with van der Waals surface area (Å²) in [5, 5.41) is 49.6. The second kappa shape index (κ2) is 8.33. The molecule has 1 aromatic carbocycles. The zero-order valence-electron chi connectivity index (χ0n) is 14.6. The number of amides is 1. The van der Waals surface area contributed by atoms with Gasteiger partial charge in [-0.2, -0.15) is 0 Å². The number of para-hydroxylation sites is 1. The molecule has 2 heterocycles. The van der Waals surface area contributed by atoms with Crippen LogP contribution in [0.25, 0.3) is 6.08 Å². The maximum absolute atomic E-state index is 12.9. The molecule has 9 nitrogen and oxygen atoms in total. The first-order valence-corrected chi connectivity index (χ1v) is 9.46. The van der Waals surface area contributed by atoms with Crippen molar-refractivity contribution in [2.75, 3.05) is 13.7 Å². The number of methoxy groups -OCH3 is 1. The fourth-order valence-electron chi connectivity index (χ4n) is 2.96. The molecule has 0 unspecified atom stereocenters. The van der Waals surface area contributed by atoms with Crippen molar-refractivity contribution in [3.63, 3.8) is 0 Å². The Bertz CT molecular complexity index is 814. The van der Waals surface area contributed by atoms with Crippen molar-refractivity contribution in [1.29, 1.82) is 0 Å². The number of phenolic OH excluding ortho intramolecular Hbond substituents is 1. The molecule has 152 valence electrons. The van der Waals surface area contributed by atoms with E-state index in [2.05, 4.69) is 0 Å². The molecule has 0 bridgehead atoms. The average Bonchev–Trinajstić information content (AvgIpc) is 2.95. The summed E-state index contributed by atoms with van der Waals surface area (Å²) in [4.78, 5) is 14.0. The molecule has 3 rings (SSSR count). The lowest BCUT2D eigenvalue weighted by molar-refractivity contribution is -0.252. The molecule has 5 N–H and O–H groups in total. The van der Waals surface area contributed by atoms with Crippen molar-refractivity contribution in [2.24, 2.45) is 0 Å². The first-order valence-electron chi connectivity index (χ1n) is 8.23. The van der Waals surface area contributed by atoms with Crippen LogP contribution in [0.3, 0.4) is 0 Å². The van der Waals surface area contributed by atoms with E-state index >= 15 is 0 Å². The minimum atomic E-state index is -1.63. The molecule has 2 aliphatic heterocycles. The van der Waals surface area contributed by atoms with Crippen molar-refractivity contribution in [3.8, 4) is 11.5 Å². The van der Waals surface area contributed by atoms with E-state index in [1.165, 1.54) is 13.2 Å². The van der Waals surface area contributed by atoms with Crippen LogP contribution in [0.4, 0.5) is 0 Å². The zero-order chi connectivity index (χ0) is 20.6. The summed E-state index contributed by atoms with van der Waals surface area (Å²) in [5.41, 5.74) is 0.327. The van der Waals surface area contributed by atoms with Gasteiger partial charge < -0.3 is 35.0 Å². The SMILES string of the molecule is COc1cccc(/C=C2\SC(=S)N([C@@H]3O[C@H](CO)[C@H](O)[C@H](O)[C@H]3O)C2=O)c1O. The highest BCUT2D eigenvalue weighted by atomic mass is 32.2. The minimum absolute atomic E-state index is 0.0583. The standard InChI is InChI=1S/C17H19NO8S2/c1-25-8-4-2-3-7(11(8)20)5-10-15(24)18(17(27)28-10)16-14(23)13(22)12(21)9(6-19)26-16/h2-5,9,12-14,16,19-23H,6H2,1H3/b10-5-/t9-,12+,13+,14-,16-/m1/s1. The van der Waals surface area contributed by atoms with Crippen molar-refractivity contribution < 1.29 is 39.8 Å². The van der Waals surface area contributed by atoms with E-state index in [0.717, 1.165) is 16.7 Å². The molecular weight excluding hydrogens is 410 g/mol. The molecule has 2 aliphatic rings. The van der Waals surface area contributed by atoms with Crippen LogP contribution in [0.1, 0.15) is 5.56 Å². The van der Waals surface area contributed by atoms with Crippen LogP contribution in [0.2, 0.25) is 0 Å². The summed E-state index contributed by atoms with van der Waals surface area (Å²) < 4.78 is 10.5. The first kappa shape index (κ1) is 21.0. The summed E-state index contributed by atoms with van der Waals surface area (Å²) in [6.45, 7) is -0.621. The Balaban J connectivity index is 1.90. The molecule has 0 spiro atoms. The number of aliphatic hydroxyl groups excluding tert-OH is 4. The molecule has 2 fully saturated rings. The maximum atomic E-state index is 12.9. The number of carbonyl (C=O) groups is 1. The van der Waals surface area contributed by atoms with Crippen LogP contribution in [0.5, 0.6) is 11.5 Å². The highest BCUT2D eigenvalue weighted by Gasteiger charge is 2.50. The van der Waals surface area contributed by atoms with Gasteiger partial charge in [-0.1, -0.05) is 36.1 Å². The lowest BCUT2D eigenvalue weighted by atomic mass is 9.98. The fourth-order valence-corrected chi connectivity index (χ4v) is 4.26. The van der Waals surface area contributed by atoms with Gasteiger partial charge in [0.15, 0.2) is 22.0 Å². The van der Waals surface area contributed by atoms with Crippen molar-refractivity contribution in [3.05, 3.63) is 28.7 Å². The molecule has 2 saturated heterocycles. The van der Waals surface area contributed by atoms with Crippen molar-refractivity contribution in [1.82, 2.24) is 4.90 Å². The molecule has 0 aliphatic carbocycles. The van der Waals surface area contributed by atoms with Crippen LogP contribution < -0.4 is 4.74 Å². The number of thioether (sulfide) groups is 1. The average molecular weight is 429 g/mol. The van der Waals surface area contributed by atoms with Gasteiger partial charge in [0.25, 0.3) is 5.91 Å². The van der Waals surface area contributed by atoms with E-state index in [1.807, 2.05) is 0 Å². The Labute approximate surface area is 169 Å². The predicted octanol–water partition coefficient (Wildman–Crippen LogP) is -0.598. The number of nitrogens with zero attached hydrogens (tertiary/aromatic N) is 1. The number of thiocarbonyl (C=S) groups is 1. The van der Waals surface area contributed by atoms with Gasteiger partial charge in [0.2, 0.25) is 0 Å². The van der Waals surface area contributed by atoms with Crippen LogP contribution in [-0.2, 0) is 9.53 Å². The van der Waals surface area contributed by atoms with Gasteiger partial charge in [-0.3, -0.25) is 9.69 Å². The predicted molar refractivity (Wildman–Crippen MR) is 103 cm³/mol. The summed E-state index contributed by atoms with van der Waals surface area (Å²) in [6, 6.07) is 4.78. The number of benzene rings is 1. The van der Waals surface area contributed by atoms with Crippen LogP contribution >= 0.6 is 24.0 Å². The lowest BCUT2D eigenvalue weighted by Crippen LogP contribution is -2.63. The van der Waals surface area contributed by atoms with Gasteiger partial charge in [0.1, 0.15) is 24.4 Å². The molecule has 0 saturated carbocycles. The van der Waals surface area contributed by atoms with Gasteiger partial charge in [0.05, 0.1) is 18.6 Å². The third kappa shape index (κ3) is 3.62. The van der Waals surface area contributed by atoms with Crippen LogP contribution in [0.15, 0.2) is 23.1 Å². The highest BCUT2D eigenvalue weighted by Crippen LogP contribution is 2.39. The molecule has 1 amide bonds. The Morgan fingerprint density at radius 1 is 1.29 bits per heavy atom. The Hall–Kier alpha value is -1.73. The first-order chi connectivity index (χ1) is 13.3. The molecule has 5 atom stereocenters. The molecule has 1 aromatic rings. The van der Waals surface area contributed by atoms with Crippen molar-refractivity contribution >= 4 is 40.3 Å². The van der Waals surface area contributed by atoms with E-state index < -0.39 is 43.2 Å². The van der Waals surface area contributed by atoms with Gasteiger partial charge in [0, 0.05) is 5.56 Å². The quantitative estimate of drug-likeness (QED) is 0.311. The number of ether oxygens (including phenoxy) is 2. The third-order valence-corrected chi connectivity index (χ3v) is 5.81. The number of aliphatic hydroxyl groups is 4. The van der Waals surface area contributed by atoms with E-state index in [9.17, 15) is 30.3 Å². The summed E-state index contributed by atoms with van der Waals surface area (Å²) in [6.07, 6.45) is -5.94. The van der Waals surface area contributed by atoms with Gasteiger partial charge in [-0.15, -0.1) is 0 Å². The Morgan fingerprint density at radius 2 is 2.00 bits per heavy atom. The minimum Gasteiger partial charge on any atom is -0.504 e. The highest BCUT2D eigenvalue weighted by molar-refractivity contribution is 8.26. The van der Waals surface area contributed by atoms with E-state index in [-0.39, 0.29) is 20.7 Å². The van der Waals surface area contributed by atoms with E-state index in [4.69, 9.17) is 21.7 Å². The number of hydrogen-bond donors (Lipinski definition) is 5. The molecule has 11 heteroatoms. The molecule has 28 heavy (non-hydrogen) atoms. The topological polar surface area (TPSA) is 140 Å². The number of aromatic hydroxyl groups is 1. The molecule has 0 radical (unpaired) electrons. The van der Waals surface area contributed by atoms with E-state index in [0.29, 0.717) is 5.56 Å². The van der Waals surface area contributed by atoms with Gasteiger partial charge >= 0.3 is 0 Å². The number of carbonyl (C=O) groups excluding carboxylic acids is 1. The summed E-state index contributed by atoms with van der Waals surface area (Å²) >= 11 is 6.14. The summed E-state index contributed by atoms with van der Waals surface area (Å²) in [5.74, 6) is -0.525. The fraction of sp³-hybridized carbons (Fsp3) is 0.412. The normalized spacial score (nSPS) is 32.2.